The molecular formula is C12H19N3S. The van der Waals surface area contributed by atoms with E-state index in [1.165, 1.54) is 36.5 Å². The molecule has 0 aromatic carbocycles. The highest BCUT2D eigenvalue weighted by Crippen LogP contribution is 2.36. The Labute approximate surface area is 101 Å². The quantitative estimate of drug-likeness (QED) is 0.855. The molecule has 3 rings (SSSR count). The summed E-state index contributed by atoms with van der Waals surface area (Å²) in [5.41, 5.74) is 0. The van der Waals surface area contributed by atoms with E-state index in [2.05, 4.69) is 15.6 Å². The van der Waals surface area contributed by atoms with E-state index < -0.39 is 0 Å². The zero-order chi connectivity index (χ0) is 10.8. The van der Waals surface area contributed by atoms with Crippen molar-refractivity contribution < 1.29 is 0 Å². The molecule has 0 bridgehead atoms. The Bertz CT molecular complexity index is 338. The molecule has 2 heterocycles. The van der Waals surface area contributed by atoms with E-state index in [0.29, 0.717) is 0 Å². The first-order valence-electron chi connectivity index (χ1n) is 6.34. The van der Waals surface area contributed by atoms with Gasteiger partial charge < -0.3 is 10.2 Å². The molecule has 0 atom stereocenters. The van der Waals surface area contributed by atoms with Crippen molar-refractivity contribution in [3.05, 3.63) is 10.4 Å². The largest absolute Gasteiger partial charge is 0.353 e. The standard InChI is InChI=1S/C12H19N3S/c1-2-4-10(3-1)12-14-11(9-16-12)15-7-5-13-6-8-15/h9-10,13H,1-8H2. The van der Waals surface area contributed by atoms with E-state index in [4.69, 9.17) is 4.98 Å². The molecular weight excluding hydrogens is 218 g/mol. The van der Waals surface area contributed by atoms with Crippen molar-refractivity contribution in [3.8, 4) is 0 Å². The lowest BCUT2D eigenvalue weighted by Crippen LogP contribution is -2.43. The molecule has 1 saturated heterocycles. The molecule has 2 fully saturated rings. The molecule has 0 spiro atoms. The van der Waals surface area contributed by atoms with E-state index in [0.717, 1.165) is 32.1 Å². The van der Waals surface area contributed by atoms with Gasteiger partial charge in [-0.2, -0.15) is 0 Å². The van der Waals surface area contributed by atoms with Crippen LogP contribution in [-0.2, 0) is 0 Å². The van der Waals surface area contributed by atoms with Crippen LogP contribution in [0.4, 0.5) is 5.82 Å². The van der Waals surface area contributed by atoms with Crippen LogP contribution in [0.3, 0.4) is 0 Å². The van der Waals surface area contributed by atoms with Gasteiger partial charge in [0, 0.05) is 37.5 Å². The first-order chi connectivity index (χ1) is 7.93. The molecule has 88 valence electrons. The van der Waals surface area contributed by atoms with Crippen LogP contribution in [0.15, 0.2) is 5.38 Å². The highest BCUT2D eigenvalue weighted by Gasteiger charge is 2.21. The monoisotopic (exact) mass is 237 g/mol. The molecule has 1 aliphatic carbocycles. The first-order valence-corrected chi connectivity index (χ1v) is 7.22. The second-order valence-electron chi connectivity index (χ2n) is 4.76. The van der Waals surface area contributed by atoms with Crippen molar-refractivity contribution >= 4 is 17.2 Å². The highest BCUT2D eigenvalue weighted by molar-refractivity contribution is 7.10. The molecule has 4 heteroatoms. The molecule has 1 aromatic heterocycles. The molecule has 0 unspecified atom stereocenters. The van der Waals surface area contributed by atoms with Gasteiger partial charge in [0.05, 0.1) is 5.01 Å². The number of piperazine rings is 1. The first kappa shape index (κ1) is 10.5. The zero-order valence-corrected chi connectivity index (χ0v) is 10.4. The van der Waals surface area contributed by atoms with Gasteiger partial charge in [-0.25, -0.2) is 4.98 Å². The average Bonchev–Trinajstić information content (AvgIpc) is 3.01. The Morgan fingerprint density at radius 1 is 1.25 bits per heavy atom. The van der Waals surface area contributed by atoms with Gasteiger partial charge in [0.15, 0.2) is 0 Å². The average molecular weight is 237 g/mol. The summed E-state index contributed by atoms with van der Waals surface area (Å²) in [7, 11) is 0. The van der Waals surface area contributed by atoms with Gasteiger partial charge in [0.1, 0.15) is 5.82 Å². The molecule has 1 saturated carbocycles. The second-order valence-corrected chi connectivity index (χ2v) is 5.65. The van der Waals surface area contributed by atoms with E-state index >= 15 is 0 Å². The van der Waals surface area contributed by atoms with Gasteiger partial charge in [-0.1, -0.05) is 12.8 Å². The van der Waals surface area contributed by atoms with E-state index in [-0.39, 0.29) is 0 Å². The van der Waals surface area contributed by atoms with Crippen LogP contribution in [0.5, 0.6) is 0 Å². The van der Waals surface area contributed by atoms with Gasteiger partial charge in [0.25, 0.3) is 0 Å². The highest BCUT2D eigenvalue weighted by atomic mass is 32.1. The molecule has 2 aliphatic rings. The minimum atomic E-state index is 0.765. The van der Waals surface area contributed by atoms with E-state index in [1.54, 1.807) is 0 Å². The summed E-state index contributed by atoms with van der Waals surface area (Å²) in [5, 5.41) is 7.01. The number of rotatable bonds is 2. The minimum Gasteiger partial charge on any atom is -0.353 e. The van der Waals surface area contributed by atoms with Crippen LogP contribution in [-0.4, -0.2) is 31.2 Å². The van der Waals surface area contributed by atoms with E-state index in [1.807, 2.05) is 11.3 Å². The Kier molecular flexibility index (Phi) is 3.11. The third-order valence-corrected chi connectivity index (χ3v) is 4.65. The van der Waals surface area contributed by atoms with Crippen molar-refractivity contribution in [3.63, 3.8) is 0 Å². The fourth-order valence-corrected chi connectivity index (χ4v) is 3.68. The fraction of sp³-hybridized carbons (Fsp3) is 0.750. The predicted molar refractivity (Wildman–Crippen MR) is 68.4 cm³/mol. The van der Waals surface area contributed by atoms with Crippen LogP contribution in [0, 0.1) is 0 Å². The zero-order valence-electron chi connectivity index (χ0n) is 9.61. The van der Waals surface area contributed by atoms with Crippen LogP contribution >= 0.6 is 11.3 Å². The maximum Gasteiger partial charge on any atom is 0.139 e. The molecule has 3 nitrogen and oxygen atoms in total. The van der Waals surface area contributed by atoms with Crippen molar-refractivity contribution in [1.82, 2.24) is 10.3 Å². The number of thiazole rings is 1. The third-order valence-electron chi connectivity index (χ3n) is 3.66. The van der Waals surface area contributed by atoms with Crippen LogP contribution in [0.25, 0.3) is 0 Å². The number of hydrogen-bond acceptors (Lipinski definition) is 4. The normalized spacial score (nSPS) is 22.9. The smallest absolute Gasteiger partial charge is 0.139 e. The summed E-state index contributed by atoms with van der Waals surface area (Å²) < 4.78 is 0. The van der Waals surface area contributed by atoms with Crippen LogP contribution in [0.1, 0.15) is 36.6 Å². The number of anilines is 1. The van der Waals surface area contributed by atoms with Gasteiger partial charge in [-0.15, -0.1) is 11.3 Å². The Morgan fingerprint density at radius 3 is 2.75 bits per heavy atom. The Hall–Kier alpha value is -0.610. The molecule has 16 heavy (non-hydrogen) atoms. The van der Waals surface area contributed by atoms with Gasteiger partial charge in [0.2, 0.25) is 0 Å². The van der Waals surface area contributed by atoms with Crippen molar-refractivity contribution in [2.45, 2.75) is 31.6 Å². The number of nitrogens with zero attached hydrogens (tertiary/aromatic N) is 2. The van der Waals surface area contributed by atoms with Gasteiger partial charge in [-0.3, -0.25) is 0 Å². The third kappa shape index (κ3) is 2.09. The fourth-order valence-electron chi connectivity index (χ4n) is 2.68. The van der Waals surface area contributed by atoms with E-state index in [9.17, 15) is 0 Å². The Morgan fingerprint density at radius 2 is 2.00 bits per heavy atom. The molecule has 0 radical (unpaired) electrons. The summed E-state index contributed by atoms with van der Waals surface area (Å²) in [4.78, 5) is 7.24. The van der Waals surface area contributed by atoms with Gasteiger partial charge >= 0.3 is 0 Å². The summed E-state index contributed by atoms with van der Waals surface area (Å²) in [6, 6.07) is 0. The molecule has 1 aliphatic heterocycles. The number of hydrogen-bond donors (Lipinski definition) is 1. The summed E-state index contributed by atoms with van der Waals surface area (Å²) in [6.07, 6.45) is 5.50. The van der Waals surface area contributed by atoms with Crippen LogP contribution < -0.4 is 10.2 Å². The molecule has 1 aromatic rings. The molecule has 1 N–H and O–H groups in total. The lowest BCUT2D eigenvalue weighted by molar-refractivity contribution is 0.584. The topological polar surface area (TPSA) is 28.2 Å². The summed E-state index contributed by atoms with van der Waals surface area (Å²) in [5.74, 6) is 1.98. The van der Waals surface area contributed by atoms with Crippen LogP contribution in [0.2, 0.25) is 0 Å². The summed E-state index contributed by atoms with van der Waals surface area (Å²) >= 11 is 1.87. The summed E-state index contributed by atoms with van der Waals surface area (Å²) in [6.45, 7) is 4.40. The van der Waals surface area contributed by atoms with Crippen molar-refractivity contribution in [1.29, 1.82) is 0 Å². The number of nitrogens with one attached hydrogen (secondary N) is 1. The SMILES string of the molecule is c1sc(C2CCCC2)nc1N1CCNCC1. The molecule has 0 amide bonds. The number of aromatic nitrogens is 1. The second kappa shape index (κ2) is 4.72. The maximum absolute atomic E-state index is 4.83. The lowest BCUT2D eigenvalue weighted by atomic mass is 10.1. The van der Waals surface area contributed by atoms with Gasteiger partial charge in [-0.05, 0) is 12.8 Å². The lowest BCUT2D eigenvalue weighted by Gasteiger charge is -2.27. The van der Waals surface area contributed by atoms with Crippen molar-refractivity contribution in [2.24, 2.45) is 0 Å². The minimum absolute atomic E-state index is 0.765. The maximum atomic E-state index is 4.83. The van der Waals surface area contributed by atoms with Crippen molar-refractivity contribution in [2.75, 3.05) is 31.1 Å². The Balaban J connectivity index is 1.71. The predicted octanol–water partition coefficient (Wildman–Crippen LogP) is 2.21.